The minimum absolute atomic E-state index is 0.00772. The molecule has 13 heavy (non-hydrogen) atoms. The maximum atomic E-state index is 11.0. The summed E-state index contributed by atoms with van der Waals surface area (Å²) in [5, 5.41) is 0. The molecule has 0 bridgehead atoms. The number of halogens is 1. The molecule has 0 radical (unpaired) electrons. The first kappa shape index (κ1) is 10.3. The summed E-state index contributed by atoms with van der Waals surface area (Å²) in [4.78, 5) is -0.00772. The van der Waals surface area contributed by atoms with E-state index in [1.807, 2.05) is 0 Å². The molecular weight excluding hydrogens is 210 g/mol. The van der Waals surface area contributed by atoms with Gasteiger partial charge in [-0.2, -0.15) is 0 Å². The van der Waals surface area contributed by atoms with Gasteiger partial charge in [-0.25, -0.2) is 8.42 Å². The van der Waals surface area contributed by atoms with Gasteiger partial charge in [-0.15, -0.1) is 0 Å². The summed E-state index contributed by atoms with van der Waals surface area (Å²) in [6.07, 6.45) is 0. The van der Waals surface area contributed by atoms with Crippen LogP contribution in [0.4, 0.5) is 5.69 Å². The van der Waals surface area contributed by atoms with Crippen molar-refractivity contribution in [2.45, 2.75) is 18.7 Å². The van der Waals surface area contributed by atoms with Crippen LogP contribution in [0, 0.1) is 13.8 Å². The van der Waals surface area contributed by atoms with Crippen molar-refractivity contribution < 1.29 is 8.42 Å². The van der Waals surface area contributed by atoms with Crippen molar-refractivity contribution in [2.75, 3.05) is 5.73 Å². The molecule has 0 fully saturated rings. The third kappa shape index (κ3) is 2.14. The monoisotopic (exact) mass is 219 g/mol. The number of hydrogen-bond donors (Lipinski definition) is 1. The van der Waals surface area contributed by atoms with Crippen LogP contribution in [0.1, 0.15) is 11.1 Å². The fraction of sp³-hybridized carbons (Fsp3) is 0.250. The fourth-order valence-electron chi connectivity index (χ4n) is 1.14. The molecular formula is C8H10ClNO2S. The first-order valence-corrected chi connectivity index (χ1v) is 5.94. The Hall–Kier alpha value is -0.740. The zero-order valence-corrected chi connectivity index (χ0v) is 8.91. The predicted molar refractivity (Wildman–Crippen MR) is 53.4 cm³/mol. The lowest BCUT2D eigenvalue weighted by atomic mass is 10.1. The molecule has 1 aromatic carbocycles. The van der Waals surface area contributed by atoms with E-state index >= 15 is 0 Å². The first-order chi connectivity index (χ1) is 5.82. The predicted octanol–water partition coefficient (Wildman–Crippen LogP) is 1.81. The van der Waals surface area contributed by atoms with E-state index in [1.165, 1.54) is 6.07 Å². The molecule has 1 aromatic rings. The van der Waals surface area contributed by atoms with Crippen molar-refractivity contribution in [3.05, 3.63) is 23.3 Å². The Bertz CT molecular complexity index is 440. The van der Waals surface area contributed by atoms with E-state index in [2.05, 4.69) is 0 Å². The van der Waals surface area contributed by atoms with E-state index < -0.39 is 9.05 Å². The van der Waals surface area contributed by atoms with Crippen LogP contribution in [-0.2, 0) is 9.05 Å². The number of nitrogen functional groups attached to an aromatic ring is 1. The van der Waals surface area contributed by atoms with Crippen LogP contribution in [-0.4, -0.2) is 8.42 Å². The highest BCUT2D eigenvalue weighted by molar-refractivity contribution is 8.13. The molecule has 0 saturated carbocycles. The van der Waals surface area contributed by atoms with E-state index in [0.29, 0.717) is 0 Å². The minimum atomic E-state index is -3.73. The number of aryl methyl sites for hydroxylation is 2. The Kier molecular flexibility index (Phi) is 2.54. The molecule has 0 aliphatic carbocycles. The Morgan fingerprint density at radius 3 is 2.31 bits per heavy atom. The summed E-state index contributed by atoms with van der Waals surface area (Å²) in [5.74, 6) is 0. The van der Waals surface area contributed by atoms with Crippen LogP contribution in [0.5, 0.6) is 0 Å². The zero-order valence-electron chi connectivity index (χ0n) is 7.33. The molecule has 1 rings (SSSR count). The fourth-order valence-corrected chi connectivity index (χ4v) is 2.27. The molecule has 0 amide bonds. The summed E-state index contributed by atoms with van der Waals surface area (Å²) >= 11 is 0. The van der Waals surface area contributed by atoms with Crippen molar-refractivity contribution >= 4 is 25.4 Å². The second-order valence-electron chi connectivity index (χ2n) is 2.93. The van der Waals surface area contributed by atoms with Crippen molar-refractivity contribution in [3.8, 4) is 0 Å². The minimum Gasteiger partial charge on any atom is -0.397 e. The third-order valence-electron chi connectivity index (χ3n) is 1.76. The normalized spacial score (nSPS) is 11.6. The Balaban J connectivity index is 3.56. The van der Waals surface area contributed by atoms with E-state index in [9.17, 15) is 8.42 Å². The first-order valence-electron chi connectivity index (χ1n) is 3.64. The summed E-state index contributed by atoms with van der Waals surface area (Å²) in [6.45, 7) is 3.53. The molecule has 0 aliphatic heterocycles. The van der Waals surface area contributed by atoms with Gasteiger partial charge in [0, 0.05) is 10.7 Å². The van der Waals surface area contributed by atoms with Crippen molar-refractivity contribution in [3.63, 3.8) is 0 Å². The average molecular weight is 220 g/mol. The van der Waals surface area contributed by atoms with Gasteiger partial charge in [0.25, 0.3) is 9.05 Å². The lowest BCUT2D eigenvalue weighted by molar-refractivity contribution is 0.610. The molecule has 2 N–H and O–H groups in total. The molecule has 0 atom stereocenters. The maximum Gasteiger partial charge on any atom is 0.263 e. The quantitative estimate of drug-likeness (QED) is 0.579. The smallest absolute Gasteiger partial charge is 0.263 e. The molecule has 0 heterocycles. The van der Waals surface area contributed by atoms with Crippen LogP contribution in [0.3, 0.4) is 0 Å². The maximum absolute atomic E-state index is 11.0. The van der Waals surface area contributed by atoms with Gasteiger partial charge in [0.05, 0.1) is 5.69 Å². The van der Waals surface area contributed by atoms with E-state index in [1.54, 1.807) is 19.9 Å². The zero-order chi connectivity index (χ0) is 10.2. The highest BCUT2D eigenvalue weighted by Gasteiger charge is 2.15. The van der Waals surface area contributed by atoms with Gasteiger partial charge in [-0.05, 0) is 31.0 Å². The topological polar surface area (TPSA) is 60.2 Å². The highest BCUT2D eigenvalue weighted by Crippen LogP contribution is 2.26. The molecule has 0 aromatic heterocycles. The van der Waals surface area contributed by atoms with Crippen LogP contribution in [0.25, 0.3) is 0 Å². The molecule has 0 unspecified atom stereocenters. The SMILES string of the molecule is Cc1cc(C)c(N)c(S(=O)(=O)Cl)c1. The van der Waals surface area contributed by atoms with E-state index in [0.717, 1.165) is 11.1 Å². The molecule has 0 saturated heterocycles. The molecule has 3 nitrogen and oxygen atoms in total. The Labute approximate surface area is 81.9 Å². The molecule has 72 valence electrons. The second kappa shape index (κ2) is 3.20. The van der Waals surface area contributed by atoms with Gasteiger partial charge in [-0.3, -0.25) is 0 Å². The number of rotatable bonds is 1. The van der Waals surface area contributed by atoms with E-state index in [4.69, 9.17) is 16.4 Å². The summed E-state index contributed by atoms with van der Waals surface area (Å²) in [6, 6.07) is 3.27. The Morgan fingerprint density at radius 1 is 1.31 bits per heavy atom. The molecule has 5 heteroatoms. The number of benzene rings is 1. The van der Waals surface area contributed by atoms with Crippen molar-refractivity contribution in [2.24, 2.45) is 0 Å². The standard InChI is InChI=1S/C8H10ClNO2S/c1-5-3-6(2)8(10)7(4-5)13(9,11)12/h3-4H,10H2,1-2H3. The van der Waals surface area contributed by atoms with Gasteiger partial charge in [-0.1, -0.05) is 6.07 Å². The van der Waals surface area contributed by atoms with Crippen LogP contribution < -0.4 is 5.73 Å². The van der Waals surface area contributed by atoms with Gasteiger partial charge in [0.1, 0.15) is 4.90 Å². The number of hydrogen-bond acceptors (Lipinski definition) is 3. The Morgan fingerprint density at radius 2 is 1.85 bits per heavy atom. The van der Waals surface area contributed by atoms with Crippen LogP contribution in [0.2, 0.25) is 0 Å². The number of nitrogens with two attached hydrogens (primary N) is 1. The summed E-state index contributed by atoms with van der Waals surface area (Å²) in [7, 11) is 1.47. The molecule has 0 spiro atoms. The lowest BCUT2D eigenvalue weighted by Gasteiger charge is -2.06. The highest BCUT2D eigenvalue weighted by atomic mass is 35.7. The van der Waals surface area contributed by atoms with Crippen LogP contribution in [0.15, 0.2) is 17.0 Å². The third-order valence-corrected chi connectivity index (χ3v) is 3.12. The lowest BCUT2D eigenvalue weighted by Crippen LogP contribution is -2.01. The van der Waals surface area contributed by atoms with Crippen LogP contribution >= 0.6 is 10.7 Å². The van der Waals surface area contributed by atoms with Gasteiger partial charge >= 0.3 is 0 Å². The van der Waals surface area contributed by atoms with Gasteiger partial charge < -0.3 is 5.73 Å². The molecule has 0 aliphatic rings. The van der Waals surface area contributed by atoms with Gasteiger partial charge in [0.2, 0.25) is 0 Å². The number of anilines is 1. The summed E-state index contributed by atoms with van der Waals surface area (Å²) < 4.78 is 22.1. The second-order valence-corrected chi connectivity index (χ2v) is 5.47. The van der Waals surface area contributed by atoms with Crippen molar-refractivity contribution in [1.82, 2.24) is 0 Å². The van der Waals surface area contributed by atoms with E-state index in [-0.39, 0.29) is 10.6 Å². The summed E-state index contributed by atoms with van der Waals surface area (Å²) in [5.41, 5.74) is 7.34. The largest absolute Gasteiger partial charge is 0.397 e. The van der Waals surface area contributed by atoms with Gasteiger partial charge in [0.15, 0.2) is 0 Å². The van der Waals surface area contributed by atoms with Crippen molar-refractivity contribution in [1.29, 1.82) is 0 Å². The average Bonchev–Trinajstić information content (AvgIpc) is 1.94.